The van der Waals surface area contributed by atoms with Gasteiger partial charge in [-0.1, -0.05) is 30.7 Å². The Kier molecular flexibility index (Phi) is 7.02. The Morgan fingerprint density at radius 3 is 2.73 bits per heavy atom. The molecule has 3 rings (SSSR count). The fourth-order valence-corrected chi connectivity index (χ4v) is 3.30. The quantitative estimate of drug-likeness (QED) is 0.621. The summed E-state index contributed by atoms with van der Waals surface area (Å²) in [6, 6.07) is 14.5. The smallest absolute Gasteiger partial charge is 0.191 e. The zero-order valence-electron chi connectivity index (χ0n) is 15.6. The number of aliphatic imine (C=N–C) groups is 1. The summed E-state index contributed by atoms with van der Waals surface area (Å²) in [6.07, 6.45) is 5.87. The van der Waals surface area contributed by atoms with E-state index in [0.29, 0.717) is 0 Å². The van der Waals surface area contributed by atoms with Gasteiger partial charge in [0.2, 0.25) is 0 Å². The van der Waals surface area contributed by atoms with Gasteiger partial charge in [-0.05, 0) is 49.7 Å². The van der Waals surface area contributed by atoms with Gasteiger partial charge in [0, 0.05) is 38.4 Å². The number of likely N-dealkylation sites (tertiary alicyclic amines) is 1. The van der Waals surface area contributed by atoms with Gasteiger partial charge in [0.25, 0.3) is 0 Å². The maximum atomic E-state index is 4.43. The molecule has 0 amide bonds. The van der Waals surface area contributed by atoms with Crippen LogP contribution < -0.4 is 10.6 Å². The summed E-state index contributed by atoms with van der Waals surface area (Å²) in [5.74, 6) is 0.852. The summed E-state index contributed by atoms with van der Waals surface area (Å²) in [5, 5.41) is 6.82. The first-order valence-electron chi connectivity index (χ1n) is 9.52. The van der Waals surface area contributed by atoms with Crippen molar-refractivity contribution in [3.63, 3.8) is 0 Å². The second kappa shape index (κ2) is 9.92. The molecule has 0 saturated carbocycles. The molecule has 1 aromatic carbocycles. The first-order valence-corrected chi connectivity index (χ1v) is 9.52. The molecule has 0 unspecified atom stereocenters. The average Bonchev–Trinajstić information content (AvgIpc) is 2.72. The maximum absolute atomic E-state index is 4.43. The van der Waals surface area contributed by atoms with Crippen molar-refractivity contribution in [2.75, 3.05) is 33.2 Å². The molecule has 0 bridgehead atoms. The standard InChI is InChI=1S/C21H29N5/c1-22-21(24-12-15-26-13-5-2-6-14-26)25-17-18-8-7-9-19(16-18)20-10-3-4-11-23-20/h3-4,7-11,16H,2,5-6,12-15,17H2,1H3,(H2,22,24,25). The van der Waals surface area contributed by atoms with E-state index in [9.17, 15) is 0 Å². The third-order valence-corrected chi connectivity index (χ3v) is 4.74. The van der Waals surface area contributed by atoms with Crippen LogP contribution in [0.5, 0.6) is 0 Å². The molecule has 0 atom stereocenters. The van der Waals surface area contributed by atoms with Crippen LogP contribution in [0, 0.1) is 0 Å². The number of pyridine rings is 1. The number of piperidine rings is 1. The van der Waals surface area contributed by atoms with Crippen molar-refractivity contribution < 1.29 is 0 Å². The van der Waals surface area contributed by atoms with Crippen molar-refractivity contribution in [3.05, 3.63) is 54.2 Å². The Bertz CT molecular complexity index is 693. The SMILES string of the molecule is CN=C(NCCN1CCCCC1)NCc1cccc(-c2ccccn2)c1. The van der Waals surface area contributed by atoms with E-state index in [1.807, 2.05) is 31.4 Å². The van der Waals surface area contributed by atoms with E-state index >= 15 is 0 Å². The zero-order valence-corrected chi connectivity index (χ0v) is 15.6. The molecule has 26 heavy (non-hydrogen) atoms. The van der Waals surface area contributed by atoms with E-state index in [4.69, 9.17) is 0 Å². The molecule has 2 aromatic rings. The number of aromatic nitrogens is 1. The van der Waals surface area contributed by atoms with Crippen LogP contribution in [0.2, 0.25) is 0 Å². The number of hydrogen-bond donors (Lipinski definition) is 2. The summed E-state index contributed by atoms with van der Waals surface area (Å²) in [5.41, 5.74) is 3.35. The van der Waals surface area contributed by atoms with Crippen LogP contribution in [0.25, 0.3) is 11.3 Å². The highest BCUT2D eigenvalue weighted by Gasteiger charge is 2.09. The van der Waals surface area contributed by atoms with E-state index in [1.165, 1.54) is 37.9 Å². The second-order valence-electron chi connectivity index (χ2n) is 6.67. The summed E-state index contributed by atoms with van der Waals surface area (Å²) in [4.78, 5) is 11.3. The largest absolute Gasteiger partial charge is 0.355 e. The first kappa shape index (κ1) is 18.4. The van der Waals surface area contributed by atoms with Crippen LogP contribution in [-0.2, 0) is 6.54 Å². The Hall–Kier alpha value is -2.40. The van der Waals surface area contributed by atoms with Gasteiger partial charge >= 0.3 is 0 Å². The minimum Gasteiger partial charge on any atom is -0.355 e. The van der Waals surface area contributed by atoms with Crippen molar-refractivity contribution in [1.29, 1.82) is 0 Å². The summed E-state index contributed by atoms with van der Waals surface area (Å²) < 4.78 is 0. The van der Waals surface area contributed by atoms with Crippen LogP contribution in [0.1, 0.15) is 24.8 Å². The van der Waals surface area contributed by atoms with Crippen LogP contribution in [-0.4, -0.2) is 49.1 Å². The highest BCUT2D eigenvalue weighted by Crippen LogP contribution is 2.17. The lowest BCUT2D eigenvalue weighted by molar-refractivity contribution is 0.232. The fraction of sp³-hybridized carbons (Fsp3) is 0.429. The summed E-state index contributed by atoms with van der Waals surface area (Å²) >= 11 is 0. The molecular formula is C21H29N5. The molecule has 5 nitrogen and oxygen atoms in total. The molecule has 0 spiro atoms. The lowest BCUT2D eigenvalue weighted by Gasteiger charge is -2.26. The van der Waals surface area contributed by atoms with Gasteiger partial charge in [0.15, 0.2) is 5.96 Å². The molecule has 2 heterocycles. The number of guanidine groups is 1. The van der Waals surface area contributed by atoms with Crippen molar-refractivity contribution in [2.24, 2.45) is 4.99 Å². The summed E-state index contributed by atoms with van der Waals surface area (Å²) in [7, 11) is 1.82. The normalized spacial score (nSPS) is 15.7. The lowest BCUT2D eigenvalue weighted by atomic mass is 10.1. The van der Waals surface area contributed by atoms with Crippen molar-refractivity contribution in [2.45, 2.75) is 25.8 Å². The van der Waals surface area contributed by atoms with Gasteiger partial charge in [0.05, 0.1) is 5.69 Å². The molecular weight excluding hydrogens is 322 g/mol. The number of hydrogen-bond acceptors (Lipinski definition) is 3. The van der Waals surface area contributed by atoms with Gasteiger partial charge in [0.1, 0.15) is 0 Å². The van der Waals surface area contributed by atoms with E-state index in [-0.39, 0.29) is 0 Å². The van der Waals surface area contributed by atoms with Crippen LogP contribution in [0.3, 0.4) is 0 Å². The Morgan fingerprint density at radius 1 is 1.08 bits per heavy atom. The molecule has 1 fully saturated rings. The molecule has 1 saturated heterocycles. The minimum atomic E-state index is 0.740. The van der Waals surface area contributed by atoms with E-state index < -0.39 is 0 Å². The highest BCUT2D eigenvalue weighted by molar-refractivity contribution is 5.79. The molecule has 0 aliphatic carbocycles. The summed E-state index contributed by atoms with van der Waals surface area (Å²) in [6.45, 7) is 5.20. The maximum Gasteiger partial charge on any atom is 0.191 e. The Balaban J connectivity index is 1.47. The minimum absolute atomic E-state index is 0.740. The fourth-order valence-electron chi connectivity index (χ4n) is 3.30. The number of nitrogens with one attached hydrogen (secondary N) is 2. The van der Waals surface area contributed by atoms with Gasteiger partial charge in [-0.2, -0.15) is 0 Å². The second-order valence-corrected chi connectivity index (χ2v) is 6.67. The van der Waals surface area contributed by atoms with E-state index in [2.05, 4.69) is 49.8 Å². The average molecular weight is 351 g/mol. The van der Waals surface area contributed by atoms with E-state index in [0.717, 1.165) is 36.9 Å². The van der Waals surface area contributed by atoms with Crippen LogP contribution >= 0.6 is 0 Å². The highest BCUT2D eigenvalue weighted by atomic mass is 15.2. The molecule has 138 valence electrons. The van der Waals surface area contributed by atoms with Crippen LogP contribution in [0.4, 0.5) is 0 Å². The van der Waals surface area contributed by atoms with E-state index in [1.54, 1.807) is 0 Å². The predicted molar refractivity (Wildman–Crippen MR) is 108 cm³/mol. The van der Waals surface area contributed by atoms with Gasteiger partial charge in [-0.3, -0.25) is 9.98 Å². The molecule has 1 aromatic heterocycles. The van der Waals surface area contributed by atoms with Crippen LogP contribution in [0.15, 0.2) is 53.7 Å². The lowest BCUT2D eigenvalue weighted by Crippen LogP contribution is -2.42. The monoisotopic (exact) mass is 351 g/mol. The zero-order chi connectivity index (χ0) is 18.0. The Morgan fingerprint density at radius 2 is 1.96 bits per heavy atom. The molecule has 5 heteroatoms. The number of rotatable bonds is 6. The Labute approximate surface area is 156 Å². The number of benzene rings is 1. The molecule has 2 N–H and O–H groups in total. The molecule has 1 aliphatic rings. The van der Waals surface area contributed by atoms with Gasteiger partial charge in [-0.25, -0.2) is 0 Å². The van der Waals surface area contributed by atoms with Crippen molar-refractivity contribution in [1.82, 2.24) is 20.5 Å². The third-order valence-electron chi connectivity index (χ3n) is 4.74. The van der Waals surface area contributed by atoms with Crippen molar-refractivity contribution in [3.8, 4) is 11.3 Å². The van der Waals surface area contributed by atoms with Gasteiger partial charge < -0.3 is 15.5 Å². The molecule has 0 radical (unpaired) electrons. The molecule has 1 aliphatic heterocycles. The van der Waals surface area contributed by atoms with Crippen molar-refractivity contribution >= 4 is 5.96 Å². The predicted octanol–water partition coefficient (Wildman–Crippen LogP) is 2.90. The topological polar surface area (TPSA) is 52.6 Å². The van der Waals surface area contributed by atoms with Gasteiger partial charge in [-0.15, -0.1) is 0 Å². The third kappa shape index (κ3) is 5.56. The first-order chi connectivity index (χ1) is 12.8. The number of nitrogens with zero attached hydrogens (tertiary/aromatic N) is 3.